The van der Waals surface area contributed by atoms with Gasteiger partial charge in [-0.15, -0.1) is 10.2 Å². The van der Waals surface area contributed by atoms with Gasteiger partial charge in [-0.1, -0.05) is 18.2 Å². The molecule has 0 amide bonds. The number of hydrogen-bond donors (Lipinski definition) is 0. The summed E-state index contributed by atoms with van der Waals surface area (Å²) in [5.74, 6) is 0.926. The standard InChI is InChI=1S/C19H19N5OS/c1-23(11-14-5-3-7-17-16(14)6-4-10-20-17)12-15-8-9-18(25-15)26-19-22-21-13-24(19)2/h3-10,13H,11-12H2,1-2H3. The van der Waals surface area contributed by atoms with Crippen LogP contribution in [-0.4, -0.2) is 31.7 Å². The van der Waals surface area contributed by atoms with Gasteiger partial charge in [0.2, 0.25) is 0 Å². The molecule has 0 atom stereocenters. The Bertz CT molecular complexity index is 1020. The van der Waals surface area contributed by atoms with Crippen LogP contribution in [0.15, 0.2) is 69.7 Å². The third-order valence-corrected chi connectivity index (χ3v) is 5.07. The van der Waals surface area contributed by atoms with Gasteiger partial charge in [-0.25, -0.2) is 0 Å². The Balaban J connectivity index is 1.43. The van der Waals surface area contributed by atoms with Gasteiger partial charge in [-0.05, 0) is 48.6 Å². The molecular formula is C19H19N5OS. The van der Waals surface area contributed by atoms with Crippen molar-refractivity contribution in [2.75, 3.05) is 7.05 Å². The minimum absolute atomic E-state index is 0.732. The largest absolute Gasteiger partial charge is 0.453 e. The summed E-state index contributed by atoms with van der Waals surface area (Å²) in [7, 11) is 4.01. The van der Waals surface area contributed by atoms with Crippen LogP contribution in [0.25, 0.3) is 10.9 Å². The van der Waals surface area contributed by atoms with E-state index >= 15 is 0 Å². The van der Waals surface area contributed by atoms with Crippen molar-refractivity contribution in [3.63, 3.8) is 0 Å². The van der Waals surface area contributed by atoms with Crippen LogP contribution in [-0.2, 0) is 20.1 Å². The van der Waals surface area contributed by atoms with Crippen molar-refractivity contribution in [2.24, 2.45) is 7.05 Å². The predicted octanol–water partition coefficient (Wildman–Crippen LogP) is 3.74. The highest BCUT2D eigenvalue weighted by Crippen LogP contribution is 2.27. The van der Waals surface area contributed by atoms with E-state index in [4.69, 9.17) is 4.42 Å². The molecule has 26 heavy (non-hydrogen) atoms. The number of rotatable bonds is 6. The highest BCUT2D eigenvalue weighted by molar-refractivity contribution is 7.99. The monoisotopic (exact) mass is 365 g/mol. The fraction of sp³-hybridized carbons (Fsp3) is 0.211. The first-order valence-corrected chi connectivity index (χ1v) is 9.12. The van der Waals surface area contributed by atoms with Crippen LogP contribution in [0.1, 0.15) is 11.3 Å². The van der Waals surface area contributed by atoms with E-state index in [1.807, 2.05) is 42.1 Å². The van der Waals surface area contributed by atoms with Crippen LogP contribution in [0.4, 0.5) is 0 Å². The predicted molar refractivity (Wildman–Crippen MR) is 101 cm³/mol. The Morgan fingerprint density at radius 1 is 1.12 bits per heavy atom. The van der Waals surface area contributed by atoms with Crippen molar-refractivity contribution in [1.82, 2.24) is 24.6 Å². The minimum Gasteiger partial charge on any atom is -0.453 e. The maximum atomic E-state index is 5.94. The van der Waals surface area contributed by atoms with E-state index < -0.39 is 0 Å². The molecule has 7 heteroatoms. The number of pyridine rings is 1. The fourth-order valence-corrected chi connectivity index (χ4v) is 3.61. The first kappa shape index (κ1) is 16.8. The molecule has 0 saturated heterocycles. The van der Waals surface area contributed by atoms with Crippen LogP contribution in [0, 0.1) is 0 Å². The quantitative estimate of drug-likeness (QED) is 0.519. The number of fused-ring (bicyclic) bond motifs is 1. The van der Waals surface area contributed by atoms with Crippen LogP contribution in [0.3, 0.4) is 0 Å². The molecule has 6 nitrogen and oxygen atoms in total. The normalized spacial score (nSPS) is 11.5. The minimum atomic E-state index is 0.732. The Hall–Kier alpha value is -2.64. The third kappa shape index (κ3) is 3.63. The highest BCUT2D eigenvalue weighted by atomic mass is 32.2. The maximum absolute atomic E-state index is 5.94. The molecule has 1 aromatic carbocycles. The second-order valence-corrected chi connectivity index (χ2v) is 7.18. The lowest BCUT2D eigenvalue weighted by atomic mass is 10.1. The molecule has 0 saturated carbocycles. The van der Waals surface area contributed by atoms with E-state index in [-0.39, 0.29) is 0 Å². The average molecular weight is 365 g/mol. The summed E-state index contributed by atoms with van der Waals surface area (Å²) in [6.07, 6.45) is 3.51. The molecule has 0 unspecified atom stereocenters. The molecule has 0 aliphatic heterocycles. The van der Waals surface area contributed by atoms with Gasteiger partial charge in [-0.3, -0.25) is 9.88 Å². The van der Waals surface area contributed by atoms with Crippen molar-refractivity contribution >= 4 is 22.7 Å². The topological polar surface area (TPSA) is 60.0 Å². The Morgan fingerprint density at radius 3 is 2.88 bits per heavy atom. The van der Waals surface area contributed by atoms with Gasteiger partial charge in [0.05, 0.1) is 12.1 Å². The molecule has 132 valence electrons. The van der Waals surface area contributed by atoms with E-state index in [0.717, 1.165) is 34.6 Å². The van der Waals surface area contributed by atoms with Gasteiger partial charge in [0, 0.05) is 25.2 Å². The molecule has 0 aliphatic carbocycles. The molecule has 3 aromatic heterocycles. The van der Waals surface area contributed by atoms with Gasteiger partial charge >= 0.3 is 0 Å². The van der Waals surface area contributed by atoms with Gasteiger partial charge in [0.15, 0.2) is 10.2 Å². The van der Waals surface area contributed by atoms with E-state index in [2.05, 4.69) is 45.3 Å². The van der Waals surface area contributed by atoms with Crippen molar-refractivity contribution < 1.29 is 4.42 Å². The summed E-state index contributed by atoms with van der Waals surface area (Å²) in [5, 5.41) is 10.8. The second-order valence-electron chi connectivity index (χ2n) is 6.21. The zero-order valence-electron chi connectivity index (χ0n) is 14.7. The summed E-state index contributed by atoms with van der Waals surface area (Å²) in [4.78, 5) is 6.66. The average Bonchev–Trinajstić information content (AvgIpc) is 3.25. The smallest absolute Gasteiger partial charge is 0.198 e. The van der Waals surface area contributed by atoms with Gasteiger partial charge in [0.1, 0.15) is 12.1 Å². The van der Waals surface area contributed by atoms with E-state index in [1.54, 1.807) is 6.33 Å². The van der Waals surface area contributed by atoms with E-state index in [1.165, 1.54) is 22.7 Å². The summed E-state index contributed by atoms with van der Waals surface area (Å²) in [6.45, 7) is 1.56. The maximum Gasteiger partial charge on any atom is 0.198 e. The third-order valence-electron chi connectivity index (χ3n) is 4.10. The van der Waals surface area contributed by atoms with E-state index in [9.17, 15) is 0 Å². The van der Waals surface area contributed by atoms with Gasteiger partial charge in [0.25, 0.3) is 0 Å². The highest BCUT2D eigenvalue weighted by Gasteiger charge is 2.11. The van der Waals surface area contributed by atoms with Crippen molar-refractivity contribution in [3.05, 3.63) is 66.3 Å². The zero-order chi connectivity index (χ0) is 17.9. The molecule has 4 rings (SSSR count). The lowest BCUT2D eigenvalue weighted by Gasteiger charge is -2.16. The number of aromatic nitrogens is 4. The molecule has 4 aromatic rings. The lowest BCUT2D eigenvalue weighted by molar-refractivity contribution is 0.278. The van der Waals surface area contributed by atoms with Crippen molar-refractivity contribution in [1.29, 1.82) is 0 Å². The summed E-state index contributed by atoms with van der Waals surface area (Å²) < 4.78 is 7.80. The molecule has 0 bridgehead atoms. The number of hydrogen-bond acceptors (Lipinski definition) is 6. The number of benzene rings is 1. The summed E-state index contributed by atoms with van der Waals surface area (Å²) in [6, 6.07) is 14.3. The van der Waals surface area contributed by atoms with E-state index in [0.29, 0.717) is 0 Å². The second kappa shape index (κ2) is 7.31. The number of aryl methyl sites for hydroxylation is 1. The lowest BCUT2D eigenvalue weighted by Crippen LogP contribution is -2.17. The Morgan fingerprint density at radius 2 is 2.04 bits per heavy atom. The SMILES string of the molecule is CN(Cc1ccc(Sc2nncn2C)o1)Cc1cccc2ncccc12. The van der Waals surface area contributed by atoms with Crippen LogP contribution in [0.5, 0.6) is 0 Å². The van der Waals surface area contributed by atoms with Crippen molar-refractivity contribution in [3.8, 4) is 0 Å². The van der Waals surface area contributed by atoms with Gasteiger partial charge in [-0.2, -0.15) is 0 Å². The molecular weight excluding hydrogens is 346 g/mol. The first-order valence-electron chi connectivity index (χ1n) is 8.31. The number of furan rings is 1. The number of nitrogens with zero attached hydrogens (tertiary/aromatic N) is 5. The van der Waals surface area contributed by atoms with Crippen molar-refractivity contribution in [2.45, 2.75) is 23.3 Å². The summed E-state index contributed by atoms with van der Waals surface area (Å²) in [5.41, 5.74) is 2.29. The van der Waals surface area contributed by atoms with Gasteiger partial charge < -0.3 is 8.98 Å². The molecule has 0 radical (unpaired) electrons. The van der Waals surface area contributed by atoms with Crippen LogP contribution in [0.2, 0.25) is 0 Å². The summed E-state index contributed by atoms with van der Waals surface area (Å²) >= 11 is 1.47. The molecule has 0 N–H and O–H groups in total. The molecule has 0 spiro atoms. The molecule has 3 heterocycles. The Kier molecular flexibility index (Phi) is 4.73. The Labute approximate surface area is 155 Å². The molecule has 0 aliphatic rings. The first-order chi connectivity index (χ1) is 12.7. The molecule has 0 fully saturated rings. The van der Waals surface area contributed by atoms with Crippen LogP contribution < -0.4 is 0 Å². The van der Waals surface area contributed by atoms with Crippen LogP contribution >= 0.6 is 11.8 Å². The zero-order valence-corrected chi connectivity index (χ0v) is 15.5. The fourth-order valence-electron chi connectivity index (χ4n) is 2.87.